The van der Waals surface area contributed by atoms with Crippen molar-refractivity contribution in [2.24, 2.45) is 0 Å². The summed E-state index contributed by atoms with van der Waals surface area (Å²) in [6.07, 6.45) is 0.138. The molecule has 4 aromatic rings. The second-order valence-corrected chi connectivity index (χ2v) is 8.53. The van der Waals surface area contributed by atoms with Crippen molar-refractivity contribution in [3.05, 3.63) is 69.8 Å². The van der Waals surface area contributed by atoms with Crippen molar-refractivity contribution < 1.29 is 18.3 Å². The Morgan fingerprint density at radius 3 is 2.74 bits per heavy atom. The number of aromatic nitrogens is 3. The van der Waals surface area contributed by atoms with Gasteiger partial charge >= 0.3 is 0 Å². The third-order valence-electron chi connectivity index (χ3n) is 4.36. The lowest BCUT2D eigenvalue weighted by atomic mass is 10.1. The minimum Gasteiger partial charge on any atom is -0.493 e. The number of benzene rings is 2. The summed E-state index contributed by atoms with van der Waals surface area (Å²) < 4.78 is 30.2. The van der Waals surface area contributed by atoms with Crippen LogP contribution in [0.4, 0.5) is 4.39 Å². The fourth-order valence-electron chi connectivity index (χ4n) is 2.83. The topological polar surface area (TPSA) is 70.3 Å². The van der Waals surface area contributed by atoms with Gasteiger partial charge in [-0.05, 0) is 30.3 Å². The molecule has 0 spiro atoms. The summed E-state index contributed by atoms with van der Waals surface area (Å²) in [7, 11) is 3.20. The molecule has 2 aromatic carbocycles. The zero-order chi connectivity index (χ0) is 21.8. The first-order valence-electron chi connectivity index (χ1n) is 9.12. The molecule has 0 saturated heterocycles. The third kappa shape index (κ3) is 5.00. The van der Waals surface area contributed by atoms with Gasteiger partial charge in [0.1, 0.15) is 10.8 Å². The first-order valence-corrected chi connectivity index (χ1v) is 11.4. The normalized spacial score (nSPS) is 11.0. The summed E-state index contributed by atoms with van der Waals surface area (Å²) in [6, 6.07) is 10.2. The summed E-state index contributed by atoms with van der Waals surface area (Å²) in [5.74, 6) is 1.79. The molecule has 6 nitrogen and oxygen atoms in total. The standard InChI is InChI=1S/C21H17ClFN3O3S2/c1-27-17-7-6-12(8-18(17)28-2)20-24-13(10-30-20)11-31-21-26-25-19(29-21)9-14-15(22)4-3-5-16(14)23/h3-8,10H,9,11H2,1-2H3. The van der Waals surface area contributed by atoms with E-state index < -0.39 is 5.82 Å². The lowest BCUT2D eigenvalue weighted by molar-refractivity contribution is 0.355. The van der Waals surface area contributed by atoms with E-state index in [0.717, 1.165) is 16.3 Å². The molecule has 0 saturated carbocycles. The molecule has 0 radical (unpaired) electrons. The Hall–Kier alpha value is -2.62. The highest BCUT2D eigenvalue weighted by Crippen LogP contribution is 2.34. The molecule has 0 fully saturated rings. The number of hydrogen-bond acceptors (Lipinski definition) is 8. The molecule has 0 N–H and O–H groups in total. The molecule has 0 bridgehead atoms. The second-order valence-electron chi connectivity index (χ2n) is 6.34. The Balaban J connectivity index is 1.40. The zero-order valence-corrected chi connectivity index (χ0v) is 19.0. The molecule has 10 heteroatoms. The van der Waals surface area contributed by atoms with Crippen LogP contribution in [0, 0.1) is 5.82 Å². The van der Waals surface area contributed by atoms with E-state index >= 15 is 0 Å². The molecule has 160 valence electrons. The Kier molecular flexibility index (Phi) is 6.74. The number of rotatable bonds is 8. The highest BCUT2D eigenvalue weighted by molar-refractivity contribution is 7.98. The molecule has 2 heterocycles. The fraction of sp³-hybridized carbons (Fsp3) is 0.190. The van der Waals surface area contributed by atoms with Crippen LogP contribution >= 0.6 is 34.7 Å². The first kappa shape index (κ1) is 21.6. The molecular formula is C21H17ClFN3O3S2. The summed E-state index contributed by atoms with van der Waals surface area (Å²) >= 11 is 8.96. The van der Waals surface area contributed by atoms with E-state index in [1.807, 2.05) is 23.6 Å². The highest BCUT2D eigenvalue weighted by Gasteiger charge is 2.14. The average Bonchev–Trinajstić information content (AvgIpc) is 3.44. The van der Waals surface area contributed by atoms with Gasteiger partial charge in [0.15, 0.2) is 11.5 Å². The molecular weight excluding hydrogens is 461 g/mol. The minimum atomic E-state index is -0.398. The maximum Gasteiger partial charge on any atom is 0.276 e. The van der Waals surface area contributed by atoms with Crippen LogP contribution < -0.4 is 9.47 Å². The predicted molar refractivity (Wildman–Crippen MR) is 119 cm³/mol. The third-order valence-corrected chi connectivity index (χ3v) is 6.51. The smallest absolute Gasteiger partial charge is 0.276 e. The number of hydrogen-bond donors (Lipinski definition) is 0. The molecule has 0 amide bonds. The van der Waals surface area contributed by atoms with Gasteiger partial charge in [-0.2, -0.15) is 0 Å². The van der Waals surface area contributed by atoms with Gasteiger partial charge in [-0.1, -0.05) is 29.4 Å². The van der Waals surface area contributed by atoms with Crippen LogP contribution in [0.3, 0.4) is 0 Å². The van der Waals surface area contributed by atoms with Gasteiger partial charge in [-0.15, -0.1) is 21.5 Å². The molecule has 0 unspecified atom stereocenters. The second kappa shape index (κ2) is 9.67. The molecule has 0 aliphatic rings. The van der Waals surface area contributed by atoms with Crippen LogP contribution in [0.15, 0.2) is 51.4 Å². The molecule has 0 aliphatic heterocycles. The van der Waals surface area contributed by atoms with Crippen molar-refractivity contribution in [3.63, 3.8) is 0 Å². The van der Waals surface area contributed by atoms with Crippen LogP contribution in [0.5, 0.6) is 11.5 Å². The Morgan fingerprint density at radius 2 is 1.97 bits per heavy atom. The van der Waals surface area contributed by atoms with E-state index in [9.17, 15) is 4.39 Å². The van der Waals surface area contributed by atoms with Crippen molar-refractivity contribution in [3.8, 4) is 22.1 Å². The lowest BCUT2D eigenvalue weighted by Crippen LogP contribution is -1.94. The van der Waals surface area contributed by atoms with Crippen molar-refractivity contribution >= 4 is 34.7 Å². The number of ether oxygens (including phenoxy) is 2. The quantitative estimate of drug-likeness (QED) is 0.293. The van der Waals surface area contributed by atoms with E-state index in [0.29, 0.717) is 39.0 Å². The summed E-state index contributed by atoms with van der Waals surface area (Å²) in [4.78, 5) is 4.67. The summed E-state index contributed by atoms with van der Waals surface area (Å²) in [5, 5.41) is 11.6. The van der Waals surface area contributed by atoms with Gasteiger partial charge in [0.05, 0.1) is 26.3 Å². The Labute approximate surface area is 191 Å². The van der Waals surface area contributed by atoms with Gasteiger partial charge in [0.25, 0.3) is 5.22 Å². The summed E-state index contributed by atoms with van der Waals surface area (Å²) in [5.41, 5.74) is 2.17. The maximum atomic E-state index is 13.9. The number of thioether (sulfide) groups is 1. The van der Waals surface area contributed by atoms with Gasteiger partial charge in [-0.25, -0.2) is 9.37 Å². The fourth-order valence-corrected chi connectivity index (χ4v) is 4.66. The van der Waals surface area contributed by atoms with Gasteiger partial charge < -0.3 is 13.9 Å². The van der Waals surface area contributed by atoms with Gasteiger partial charge in [0, 0.05) is 27.3 Å². The average molecular weight is 478 g/mol. The molecule has 0 atom stereocenters. The number of halogens is 2. The Bertz CT molecular complexity index is 1180. The van der Waals surface area contributed by atoms with E-state index in [1.165, 1.54) is 29.2 Å². The molecule has 31 heavy (non-hydrogen) atoms. The van der Waals surface area contributed by atoms with Crippen molar-refractivity contribution in [1.82, 2.24) is 15.2 Å². The lowest BCUT2D eigenvalue weighted by Gasteiger charge is -2.08. The van der Waals surface area contributed by atoms with Crippen LogP contribution in [-0.4, -0.2) is 29.4 Å². The van der Waals surface area contributed by atoms with Crippen molar-refractivity contribution in [2.75, 3.05) is 14.2 Å². The minimum absolute atomic E-state index is 0.138. The maximum absolute atomic E-state index is 13.9. The van der Waals surface area contributed by atoms with Gasteiger partial charge in [0.2, 0.25) is 5.89 Å². The van der Waals surface area contributed by atoms with E-state index in [4.69, 9.17) is 25.5 Å². The van der Waals surface area contributed by atoms with Crippen molar-refractivity contribution in [2.45, 2.75) is 17.4 Å². The van der Waals surface area contributed by atoms with Crippen molar-refractivity contribution in [1.29, 1.82) is 0 Å². The number of methoxy groups -OCH3 is 2. The number of thiazole rings is 1. The predicted octanol–water partition coefficient (Wildman–Crippen LogP) is 5.89. The number of nitrogens with zero attached hydrogens (tertiary/aromatic N) is 3. The largest absolute Gasteiger partial charge is 0.493 e. The van der Waals surface area contributed by atoms with E-state index in [1.54, 1.807) is 26.4 Å². The molecule has 0 aliphatic carbocycles. The van der Waals surface area contributed by atoms with E-state index in [-0.39, 0.29) is 6.42 Å². The Morgan fingerprint density at radius 1 is 1.13 bits per heavy atom. The van der Waals surface area contributed by atoms with Crippen LogP contribution in [0.25, 0.3) is 10.6 Å². The SMILES string of the molecule is COc1ccc(-c2nc(CSc3nnc(Cc4c(F)cccc4Cl)o3)cs2)cc1OC. The first-order chi connectivity index (χ1) is 15.1. The monoisotopic (exact) mass is 477 g/mol. The highest BCUT2D eigenvalue weighted by atomic mass is 35.5. The molecule has 2 aromatic heterocycles. The van der Waals surface area contributed by atoms with E-state index in [2.05, 4.69) is 15.2 Å². The molecule has 4 rings (SSSR count). The van der Waals surface area contributed by atoms with Gasteiger partial charge in [-0.3, -0.25) is 0 Å². The van der Waals surface area contributed by atoms with Crippen LogP contribution in [0.1, 0.15) is 17.1 Å². The van der Waals surface area contributed by atoms with Crippen LogP contribution in [-0.2, 0) is 12.2 Å². The van der Waals surface area contributed by atoms with Crippen LogP contribution in [0.2, 0.25) is 5.02 Å². The zero-order valence-electron chi connectivity index (χ0n) is 16.6. The summed E-state index contributed by atoms with van der Waals surface area (Å²) in [6.45, 7) is 0.